The predicted molar refractivity (Wildman–Crippen MR) is 89.2 cm³/mol. The number of benzene rings is 1. The average molecular weight is 318 g/mol. The van der Waals surface area contributed by atoms with Crippen molar-refractivity contribution in [3.63, 3.8) is 0 Å². The number of H-pyrrole nitrogens is 1. The van der Waals surface area contributed by atoms with Crippen molar-refractivity contribution in [1.29, 1.82) is 0 Å². The molecule has 2 unspecified atom stereocenters. The number of aromatic amines is 1. The van der Waals surface area contributed by atoms with E-state index in [1.54, 1.807) is 0 Å². The molecule has 1 aromatic carbocycles. The van der Waals surface area contributed by atoms with Crippen LogP contribution in [0.5, 0.6) is 0 Å². The second-order valence-electron chi connectivity index (χ2n) is 6.05. The molecule has 2 atom stereocenters. The van der Waals surface area contributed by atoms with Crippen molar-refractivity contribution in [3.05, 3.63) is 34.6 Å². The van der Waals surface area contributed by atoms with Gasteiger partial charge >= 0.3 is 0 Å². The lowest BCUT2D eigenvalue weighted by atomic mass is 10.1. The minimum atomic E-state index is 0.255. The molecule has 1 aliphatic heterocycles. The van der Waals surface area contributed by atoms with Crippen molar-refractivity contribution in [2.24, 2.45) is 0 Å². The summed E-state index contributed by atoms with van der Waals surface area (Å²) in [5.41, 5.74) is 2.29. The van der Waals surface area contributed by atoms with Crippen LogP contribution in [-0.2, 0) is 11.4 Å². The number of rotatable bonds is 3. The van der Waals surface area contributed by atoms with Gasteiger partial charge in [0.15, 0.2) is 5.82 Å². The van der Waals surface area contributed by atoms with E-state index in [0.29, 0.717) is 17.5 Å². The Morgan fingerprint density at radius 2 is 2.05 bits per heavy atom. The summed E-state index contributed by atoms with van der Waals surface area (Å²) < 4.78 is 8.19. The fraction of sp³-hybridized carbons (Fsp3) is 0.500. The molecule has 1 N–H and O–H groups in total. The molecule has 1 aromatic heterocycles. The third-order valence-corrected chi connectivity index (χ3v) is 4.38. The number of ether oxygens (including phenoxy) is 1. The monoisotopic (exact) mass is 318 g/mol. The maximum absolute atomic E-state index is 5.67. The van der Waals surface area contributed by atoms with Gasteiger partial charge in [0.2, 0.25) is 4.77 Å². The minimum Gasteiger partial charge on any atom is -0.376 e. The molecule has 1 saturated heterocycles. The van der Waals surface area contributed by atoms with Gasteiger partial charge in [-0.1, -0.05) is 29.8 Å². The molecule has 0 spiro atoms. The Morgan fingerprint density at radius 1 is 1.32 bits per heavy atom. The number of morpholine rings is 1. The summed E-state index contributed by atoms with van der Waals surface area (Å²) >= 11 is 5.40. The first-order valence-electron chi connectivity index (χ1n) is 7.62. The lowest BCUT2D eigenvalue weighted by molar-refractivity contribution is -0.0624. The summed E-state index contributed by atoms with van der Waals surface area (Å²) in [5, 5.41) is 3.32. The molecule has 0 bridgehead atoms. The Kier molecular flexibility index (Phi) is 4.42. The molecule has 1 aliphatic rings. The van der Waals surface area contributed by atoms with E-state index in [4.69, 9.17) is 17.0 Å². The number of nitrogens with zero attached hydrogens (tertiary/aromatic N) is 3. The van der Waals surface area contributed by atoms with Gasteiger partial charge in [-0.2, -0.15) is 4.98 Å². The van der Waals surface area contributed by atoms with Gasteiger partial charge in [-0.15, -0.1) is 0 Å². The van der Waals surface area contributed by atoms with Gasteiger partial charge < -0.3 is 4.74 Å². The second-order valence-corrected chi connectivity index (χ2v) is 6.42. The van der Waals surface area contributed by atoms with E-state index < -0.39 is 0 Å². The van der Waals surface area contributed by atoms with E-state index in [9.17, 15) is 0 Å². The van der Waals surface area contributed by atoms with Crippen LogP contribution in [0.1, 0.15) is 19.4 Å². The summed E-state index contributed by atoms with van der Waals surface area (Å²) in [7, 11) is 0. The number of nitrogens with one attached hydrogen (secondary N) is 1. The summed E-state index contributed by atoms with van der Waals surface area (Å²) in [5.74, 6) is 0.818. The number of hydrogen-bond donors (Lipinski definition) is 1. The van der Waals surface area contributed by atoms with Crippen LogP contribution in [-0.4, -0.2) is 45.0 Å². The fourth-order valence-corrected chi connectivity index (χ4v) is 2.84. The SMILES string of the molecule is Cc1ccc(-c2nc(=S)n(CN3CC(C)OCC3C)[nH]2)cc1. The van der Waals surface area contributed by atoms with Gasteiger partial charge in [0.05, 0.1) is 19.4 Å². The first-order valence-corrected chi connectivity index (χ1v) is 8.03. The normalized spacial score (nSPS) is 22.9. The van der Waals surface area contributed by atoms with Crippen LogP contribution in [0.3, 0.4) is 0 Å². The zero-order valence-corrected chi connectivity index (χ0v) is 14.1. The second kappa shape index (κ2) is 6.32. The fourth-order valence-electron chi connectivity index (χ4n) is 2.64. The Bertz CT molecular complexity index is 691. The van der Waals surface area contributed by atoms with Crippen molar-refractivity contribution in [2.45, 2.75) is 39.6 Å². The first kappa shape index (κ1) is 15.4. The molecule has 6 heteroatoms. The topological polar surface area (TPSA) is 46.1 Å². The molecule has 0 aliphatic carbocycles. The molecule has 3 rings (SSSR count). The van der Waals surface area contributed by atoms with E-state index in [0.717, 1.165) is 24.5 Å². The van der Waals surface area contributed by atoms with Crippen LogP contribution >= 0.6 is 12.2 Å². The highest BCUT2D eigenvalue weighted by Crippen LogP contribution is 2.17. The van der Waals surface area contributed by atoms with Crippen LogP contribution in [0, 0.1) is 11.7 Å². The number of aromatic nitrogens is 3. The lowest BCUT2D eigenvalue weighted by Gasteiger charge is -2.36. The van der Waals surface area contributed by atoms with E-state index >= 15 is 0 Å². The van der Waals surface area contributed by atoms with Crippen LogP contribution < -0.4 is 0 Å². The quantitative estimate of drug-likeness (QED) is 0.884. The van der Waals surface area contributed by atoms with Crippen molar-refractivity contribution >= 4 is 12.2 Å². The molecule has 0 amide bonds. The Balaban J connectivity index is 1.80. The predicted octanol–water partition coefficient (Wildman–Crippen LogP) is 2.98. The highest BCUT2D eigenvalue weighted by atomic mass is 32.1. The maximum Gasteiger partial charge on any atom is 0.217 e. The minimum absolute atomic E-state index is 0.255. The van der Waals surface area contributed by atoms with Crippen LogP contribution in [0.15, 0.2) is 24.3 Å². The average Bonchev–Trinajstić information content (AvgIpc) is 2.85. The Hall–Kier alpha value is -1.50. The van der Waals surface area contributed by atoms with Gasteiger partial charge in [-0.05, 0) is 33.0 Å². The Morgan fingerprint density at radius 3 is 2.77 bits per heavy atom. The third-order valence-electron chi connectivity index (χ3n) is 4.06. The molecule has 2 aromatic rings. The Labute approximate surface area is 135 Å². The van der Waals surface area contributed by atoms with Crippen molar-refractivity contribution in [3.8, 4) is 11.4 Å². The smallest absolute Gasteiger partial charge is 0.217 e. The largest absolute Gasteiger partial charge is 0.376 e. The molecule has 118 valence electrons. The zero-order valence-electron chi connectivity index (χ0n) is 13.2. The number of aryl methyl sites for hydroxylation is 1. The third kappa shape index (κ3) is 3.29. The molecular weight excluding hydrogens is 296 g/mol. The lowest BCUT2D eigenvalue weighted by Crippen LogP contribution is -2.47. The molecule has 0 radical (unpaired) electrons. The summed E-state index contributed by atoms with van der Waals surface area (Å²) in [6.45, 7) is 8.73. The van der Waals surface area contributed by atoms with Crippen LogP contribution in [0.4, 0.5) is 0 Å². The number of hydrogen-bond acceptors (Lipinski definition) is 4. The highest BCUT2D eigenvalue weighted by molar-refractivity contribution is 7.71. The highest BCUT2D eigenvalue weighted by Gasteiger charge is 2.24. The van der Waals surface area contributed by atoms with Gasteiger partial charge in [-0.25, -0.2) is 4.68 Å². The van der Waals surface area contributed by atoms with Gasteiger partial charge in [0.25, 0.3) is 0 Å². The molecule has 5 nitrogen and oxygen atoms in total. The van der Waals surface area contributed by atoms with Crippen molar-refractivity contribution < 1.29 is 4.74 Å². The first-order chi connectivity index (χ1) is 10.5. The molecule has 22 heavy (non-hydrogen) atoms. The maximum atomic E-state index is 5.67. The molecule has 1 fully saturated rings. The molecule has 0 saturated carbocycles. The van der Waals surface area contributed by atoms with E-state index in [1.165, 1.54) is 5.56 Å². The van der Waals surface area contributed by atoms with Crippen molar-refractivity contribution in [1.82, 2.24) is 19.7 Å². The van der Waals surface area contributed by atoms with Crippen LogP contribution in [0.2, 0.25) is 0 Å². The van der Waals surface area contributed by atoms with Crippen LogP contribution in [0.25, 0.3) is 11.4 Å². The van der Waals surface area contributed by atoms with Crippen molar-refractivity contribution in [2.75, 3.05) is 13.2 Å². The van der Waals surface area contributed by atoms with E-state index in [2.05, 4.69) is 60.0 Å². The molecule has 2 heterocycles. The van der Waals surface area contributed by atoms with Gasteiger partial charge in [0.1, 0.15) is 0 Å². The van der Waals surface area contributed by atoms with Gasteiger partial charge in [0, 0.05) is 18.2 Å². The van der Waals surface area contributed by atoms with E-state index in [-0.39, 0.29) is 6.10 Å². The summed E-state index contributed by atoms with van der Waals surface area (Å²) in [6, 6.07) is 8.66. The molecular formula is C16H22N4OS. The standard InChI is InChI=1S/C16H22N4OS/c1-11-4-6-14(7-5-11)15-17-16(22)20(18-15)10-19-8-13(3)21-9-12(19)2/h4-7,12-13H,8-10H2,1-3H3,(H,17,18,22). The van der Waals surface area contributed by atoms with Gasteiger partial charge in [-0.3, -0.25) is 10.00 Å². The summed E-state index contributed by atoms with van der Waals surface area (Å²) in [4.78, 5) is 6.85. The summed E-state index contributed by atoms with van der Waals surface area (Å²) in [6.07, 6.45) is 0.255. The van der Waals surface area contributed by atoms with E-state index in [1.807, 2.05) is 4.68 Å². The zero-order chi connectivity index (χ0) is 15.7.